The van der Waals surface area contributed by atoms with Crippen LogP contribution in [0.15, 0.2) is 24.3 Å². The number of fused-ring (bicyclic) bond motifs is 1. The number of nitrogen functional groups attached to an aromatic ring is 1. The number of nitrogens with zero attached hydrogens (tertiary/aromatic N) is 5. The van der Waals surface area contributed by atoms with Crippen LogP contribution in [-0.4, -0.2) is 45.8 Å². The zero-order valence-electron chi connectivity index (χ0n) is 18.4. The number of hydrogen-bond acceptors (Lipinski definition) is 7. The molecule has 158 valence electrons. The van der Waals surface area contributed by atoms with Crippen LogP contribution in [0.25, 0.3) is 11.2 Å². The summed E-state index contributed by atoms with van der Waals surface area (Å²) in [4.78, 5) is 15.7. The van der Waals surface area contributed by atoms with Gasteiger partial charge in [-0.25, -0.2) is 4.98 Å². The molecule has 4 rings (SSSR count). The smallest absolute Gasteiger partial charge is 0.224 e. The van der Waals surface area contributed by atoms with E-state index < -0.39 is 0 Å². The van der Waals surface area contributed by atoms with Crippen molar-refractivity contribution in [3.63, 3.8) is 0 Å². The normalized spacial score (nSPS) is 13.2. The number of aryl methyl sites for hydroxylation is 2. The number of nitrogens with one attached hydrogen (secondary N) is 1. The van der Waals surface area contributed by atoms with Crippen LogP contribution in [0.2, 0.25) is 0 Å². The molecular formula is C21H33N7O. The quantitative estimate of drug-likeness (QED) is 0.690. The molecule has 1 aliphatic rings. The van der Waals surface area contributed by atoms with E-state index in [1.807, 2.05) is 51.4 Å². The minimum Gasteiger partial charge on any atom is -0.378 e. The highest BCUT2D eigenvalue weighted by Gasteiger charge is 2.21. The number of hydrogen-bond donors (Lipinski definition) is 2. The molecule has 1 aromatic carbocycles. The number of morpholine rings is 1. The van der Waals surface area contributed by atoms with E-state index in [0.29, 0.717) is 24.8 Å². The number of anilines is 4. The molecule has 1 fully saturated rings. The molecule has 3 aromatic rings. The van der Waals surface area contributed by atoms with Crippen LogP contribution in [0, 0.1) is 6.92 Å². The average molecular weight is 400 g/mol. The molecule has 1 saturated heterocycles. The molecular weight excluding hydrogens is 366 g/mol. The van der Waals surface area contributed by atoms with E-state index in [-0.39, 0.29) is 5.95 Å². The molecule has 0 saturated carbocycles. The van der Waals surface area contributed by atoms with E-state index in [1.165, 1.54) is 5.56 Å². The lowest BCUT2D eigenvalue weighted by atomic mass is 10.2. The molecule has 2 aromatic heterocycles. The number of benzene rings is 1. The third-order valence-corrected chi connectivity index (χ3v) is 4.30. The molecule has 8 nitrogen and oxygen atoms in total. The molecule has 3 heterocycles. The van der Waals surface area contributed by atoms with Crippen LogP contribution in [-0.2, 0) is 11.8 Å². The first-order chi connectivity index (χ1) is 14.1. The van der Waals surface area contributed by atoms with Gasteiger partial charge in [-0.1, -0.05) is 39.8 Å². The van der Waals surface area contributed by atoms with Crippen LogP contribution in [0.5, 0.6) is 0 Å². The van der Waals surface area contributed by atoms with Crippen molar-refractivity contribution >= 4 is 34.6 Å². The van der Waals surface area contributed by atoms with E-state index in [4.69, 9.17) is 15.5 Å². The molecule has 1 aliphatic heterocycles. The summed E-state index contributed by atoms with van der Waals surface area (Å²) >= 11 is 0. The largest absolute Gasteiger partial charge is 0.378 e. The highest BCUT2D eigenvalue weighted by Crippen LogP contribution is 2.28. The Morgan fingerprint density at radius 3 is 2.38 bits per heavy atom. The third-order valence-electron chi connectivity index (χ3n) is 4.30. The van der Waals surface area contributed by atoms with Gasteiger partial charge in [0.2, 0.25) is 11.9 Å². The maximum absolute atomic E-state index is 5.94. The van der Waals surface area contributed by atoms with Gasteiger partial charge in [0, 0.05) is 25.8 Å². The standard InChI is InChI=1S/C17H21N7O.2C2H6/c1-11-4-3-5-12(10-11)19-17-20-13-14(23(17)2)21-16(18)22-15(13)24-6-8-25-9-7-24;2*1-2/h3-5,10H,6-9H2,1-2H3,(H,19,20)(H2,18,21,22);2*1-2H3. The van der Waals surface area contributed by atoms with Crippen molar-refractivity contribution in [2.45, 2.75) is 34.6 Å². The van der Waals surface area contributed by atoms with Crippen molar-refractivity contribution in [1.29, 1.82) is 0 Å². The lowest BCUT2D eigenvalue weighted by molar-refractivity contribution is 0.122. The SMILES string of the molecule is CC.CC.Cc1cccc(Nc2nc3c(N4CCOCC4)nc(N)nc3n2C)c1. The molecule has 0 bridgehead atoms. The van der Waals surface area contributed by atoms with Gasteiger partial charge in [0.15, 0.2) is 17.0 Å². The maximum Gasteiger partial charge on any atom is 0.224 e. The van der Waals surface area contributed by atoms with E-state index >= 15 is 0 Å². The first-order valence-corrected chi connectivity index (χ1v) is 10.3. The minimum atomic E-state index is 0.249. The van der Waals surface area contributed by atoms with Gasteiger partial charge in [0.05, 0.1) is 13.2 Å². The van der Waals surface area contributed by atoms with Gasteiger partial charge in [-0.05, 0) is 24.6 Å². The van der Waals surface area contributed by atoms with Gasteiger partial charge in [0.25, 0.3) is 0 Å². The number of rotatable bonds is 3. The Morgan fingerprint density at radius 1 is 1.03 bits per heavy atom. The Labute approximate surface area is 173 Å². The molecule has 0 atom stereocenters. The highest BCUT2D eigenvalue weighted by molar-refractivity contribution is 5.87. The Morgan fingerprint density at radius 2 is 1.72 bits per heavy atom. The van der Waals surface area contributed by atoms with Crippen LogP contribution < -0.4 is 16.0 Å². The van der Waals surface area contributed by atoms with Crippen molar-refractivity contribution in [2.75, 3.05) is 42.3 Å². The predicted octanol–water partition coefficient (Wildman–Crippen LogP) is 3.89. The van der Waals surface area contributed by atoms with Crippen LogP contribution in [0.1, 0.15) is 33.3 Å². The average Bonchev–Trinajstić information content (AvgIpc) is 3.06. The minimum absolute atomic E-state index is 0.249. The van der Waals surface area contributed by atoms with Crippen molar-refractivity contribution in [3.05, 3.63) is 29.8 Å². The summed E-state index contributed by atoms with van der Waals surface area (Å²) in [5.74, 6) is 1.72. The van der Waals surface area contributed by atoms with E-state index in [1.54, 1.807) is 0 Å². The second-order valence-corrected chi connectivity index (χ2v) is 6.17. The number of ether oxygens (including phenoxy) is 1. The maximum atomic E-state index is 5.94. The van der Waals surface area contributed by atoms with E-state index in [0.717, 1.165) is 30.1 Å². The molecule has 0 unspecified atom stereocenters. The highest BCUT2D eigenvalue weighted by atomic mass is 16.5. The van der Waals surface area contributed by atoms with Gasteiger partial charge in [-0.15, -0.1) is 0 Å². The molecule has 0 aliphatic carbocycles. The van der Waals surface area contributed by atoms with Gasteiger partial charge in [-0.2, -0.15) is 9.97 Å². The summed E-state index contributed by atoms with van der Waals surface area (Å²) in [5.41, 5.74) is 9.56. The predicted molar refractivity (Wildman–Crippen MR) is 121 cm³/mol. The second kappa shape index (κ2) is 10.6. The zero-order valence-corrected chi connectivity index (χ0v) is 18.4. The number of imidazole rings is 1. The summed E-state index contributed by atoms with van der Waals surface area (Å²) in [6.45, 7) is 12.9. The lowest BCUT2D eigenvalue weighted by Gasteiger charge is -2.27. The number of nitrogens with two attached hydrogens (primary N) is 1. The topological polar surface area (TPSA) is 94.1 Å². The molecule has 3 N–H and O–H groups in total. The first kappa shape index (κ1) is 22.4. The summed E-state index contributed by atoms with van der Waals surface area (Å²) in [5, 5.41) is 3.35. The Kier molecular flexibility index (Phi) is 8.21. The van der Waals surface area contributed by atoms with Gasteiger partial charge >= 0.3 is 0 Å². The summed E-state index contributed by atoms with van der Waals surface area (Å²) in [6, 6.07) is 8.15. The Balaban J connectivity index is 0.000000707. The monoisotopic (exact) mass is 399 g/mol. The second-order valence-electron chi connectivity index (χ2n) is 6.17. The van der Waals surface area contributed by atoms with E-state index in [9.17, 15) is 0 Å². The van der Waals surface area contributed by atoms with Gasteiger partial charge in [-0.3, -0.25) is 4.57 Å². The van der Waals surface area contributed by atoms with Crippen LogP contribution in [0.3, 0.4) is 0 Å². The first-order valence-electron chi connectivity index (χ1n) is 10.3. The Hall–Kier alpha value is -2.87. The third kappa shape index (κ3) is 5.14. The zero-order chi connectivity index (χ0) is 21.4. The fourth-order valence-electron chi connectivity index (χ4n) is 3.02. The summed E-state index contributed by atoms with van der Waals surface area (Å²) in [7, 11) is 1.92. The molecule has 0 radical (unpaired) electrons. The Bertz CT molecular complexity index is 917. The summed E-state index contributed by atoms with van der Waals surface area (Å²) in [6.07, 6.45) is 0. The van der Waals surface area contributed by atoms with Gasteiger partial charge < -0.3 is 20.7 Å². The number of aromatic nitrogens is 4. The molecule has 0 spiro atoms. The molecule has 8 heteroatoms. The van der Waals surface area contributed by atoms with E-state index in [2.05, 4.69) is 39.2 Å². The van der Waals surface area contributed by atoms with Crippen LogP contribution in [0.4, 0.5) is 23.4 Å². The van der Waals surface area contributed by atoms with Crippen LogP contribution >= 0.6 is 0 Å². The summed E-state index contributed by atoms with van der Waals surface area (Å²) < 4.78 is 7.33. The fourth-order valence-corrected chi connectivity index (χ4v) is 3.02. The van der Waals surface area contributed by atoms with Crippen molar-refractivity contribution in [3.8, 4) is 0 Å². The molecule has 0 amide bonds. The molecule has 29 heavy (non-hydrogen) atoms. The van der Waals surface area contributed by atoms with Crippen molar-refractivity contribution in [2.24, 2.45) is 7.05 Å². The van der Waals surface area contributed by atoms with Crippen molar-refractivity contribution in [1.82, 2.24) is 19.5 Å². The fraction of sp³-hybridized carbons (Fsp3) is 0.476. The van der Waals surface area contributed by atoms with Gasteiger partial charge in [0.1, 0.15) is 0 Å². The van der Waals surface area contributed by atoms with Crippen molar-refractivity contribution < 1.29 is 4.74 Å². The lowest BCUT2D eigenvalue weighted by Crippen LogP contribution is -2.37.